The van der Waals surface area contributed by atoms with Crippen LogP contribution < -0.4 is 0 Å². The molecule has 0 saturated carbocycles. The Hall–Kier alpha value is -9.18. The zero-order chi connectivity index (χ0) is 80.2. The van der Waals surface area contributed by atoms with Crippen LogP contribution in [0.5, 0.6) is 0 Å². The lowest BCUT2D eigenvalue weighted by molar-refractivity contribution is 0.600. The first-order chi connectivity index (χ1) is 50.9. The summed E-state index contributed by atoms with van der Waals surface area (Å²) >= 11 is 0. The Morgan fingerprint density at radius 2 is 0.652 bits per heavy atom. The average Bonchev–Trinajstić information content (AvgIpc) is 1.68. The van der Waals surface area contributed by atoms with E-state index >= 15 is 0 Å². The molecule has 0 bridgehead atoms. The SMILES string of the molecule is [2H]c1nc2c(c([2H])c1[2H])c([2H])c([2H])c1c([2H])c([2H])c(-c3c([2H])c([2H])c(-c4c([2H])c([2H])c(-c5oc(-c6c([2H])c([2H])c([2H])c7c([2H])c([2H])c([2H])c([2H])c67)c(-c6c([2H])c([2H])c([2H])c7c([2H])c([2H])c([2H])c([2H])c67)c5-c5c([2H])c([2H])c([2H])c6c([2H])c([2H])c([2H])c([2H])c56)c5c([2H])c([2H])c([2H])c([2H])c45)c4c([2H])c([2H])c([2H])c([2H])c34)nc12. The maximum Gasteiger partial charge on any atom is 0.143 e. The van der Waals surface area contributed by atoms with Crippen LogP contribution in [0.25, 0.3) is 143 Å². The predicted molar refractivity (Wildman–Crippen MR) is 289 cm³/mol. The lowest BCUT2D eigenvalue weighted by Crippen LogP contribution is -1.92. The van der Waals surface area contributed by atoms with Crippen molar-refractivity contribution in [2.75, 3.05) is 0 Å². The zero-order valence-electron chi connectivity index (χ0n) is 74.3. The van der Waals surface area contributed by atoms with E-state index in [-0.39, 0.29) is 0 Å². The van der Waals surface area contributed by atoms with Gasteiger partial charge in [-0.1, -0.05) is 218 Å². The standard InChI is InChI=1S/C66H40N2O/c1-4-22-46-41(15-1)18-11-29-56(46)61-62(57-30-12-19-42-16-2-5-23-47(42)57)66(69-65(61)58-31-13-20-43-17-3-6-24-48(43)58)59-38-36-54(50-26-8-10-28-52(50)59)53-35-37-55(51-27-9-7-25-49(51)53)60-39-34-45-33-32-44-21-14-40-67-63(44)64(45)68-60/h1-40H/i1D,2D,3D,4D,5D,6D,7D,8D,9D,10D,11D,12D,13D,14D,15D,16D,17D,18D,19D,20D,21D,22D,23D,24D,25D,26D,27D,28D,29D,30D,31D,32D,33D,34D,35D,36D,37D,38D,39D,40D. The molecule has 3 aromatic heterocycles. The van der Waals surface area contributed by atoms with Crippen LogP contribution in [0.15, 0.2) is 246 Å². The molecule has 0 aliphatic carbocycles. The molecule has 69 heavy (non-hydrogen) atoms. The van der Waals surface area contributed by atoms with Crippen molar-refractivity contribution >= 4 is 75.7 Å². The van der Waals surface area contributed by atoms with Crippen LogP contribution in [-0.2, 0) is 0 Å². The molecule has 0 amide bonds. The molecule has 0 spiro atoms. The summed E-state index contributed by atoms with van der Waals surface area (Å²) in [5.41, 5.74) is -11.8. The molecule has 0 aliphatic rings. The molecule has 0 unspecified atom stereocenters. The van der Waals surface area contributed by atoms with E-state index in [1.54, 1.807) is 0 Å². The highest BCUT2D eigenvalue weighted by Gasteiger charge is 2.29. The first kappa shape index (κ1) is 16.3. The lowest BCUT2D eigenvalue weighted by Gasteiger charge is -2.16. The molecule has 0 radical (unpaired) electrons. The van der Waals surface area contributed by atoms with Crippen molar-refractivity contribution in [3.8, 4) is 67.3 Å². The van der Waals surface area contributed by atoms with Gasteiger partial charge in [0, 0.05) is 44.8 Å². The van der Waals surface area contributed by atoms with Crippen LogP contribution in [-0.4, -0.2) is 9.97 Å². The monoisotopic (exact) mass is 917 g/mol. The minimum atomic E-state index is -1.44. The molecule has 3 nitrogen and oxygen atoms in total. The summed E-state index contributed by atoms with van der Waals surface area (Å²) in [5, 5.41) is -10.7. The molecule has 0 aliphatic heterocycles. The average molecular weight is 917 g/mol. The van der Waals surface area contributed by atoms with E-state index in [0.717, 1.165) is 0 Å². The van der Waals surface area contributed by atoms with Gasteiger partial charge in [0.1, 0.15) is 11.5 Å². The molecule has 0 fully saturated rings. The number of aromatic nitrogens is 2. The Labute approximate surface area is 454 Å². The highest BCUT2D eigenvalue weighted by molar-refractivity contribution is 6.17. The normalized spacial score (nSPS) is 19.9. The molecule has 14 aromatic rings. The van der Waals surface area contributed by atoms with Crippen molar-refractivity contribution in [1.82, 2.24) is 9.97 Å². The third-order valence-corrected chi connectivity index (χ3v) is 11.2. The van der Waals surface area contributed by atoms with Gasteiger partial charge in [0.25, 0.3) is 0 Å². The molecule has 11 aromatic carbocycles. The van der Waals surface area contributed by atoms with Gasteiger partial charge < -0.3 is 4.42 Å². The maximum absolute atomic E-state index is 10.5. The van der Waals surface area contributed by atoms with Gasteiger partial charge >= 0.3 is 0 Å². The first-order valence-electron chi connectivity index (χ1n) is 40.3. The second-order valence-corrected chi connectivity index (χ2v) is 14.9. The Morgan fingerprint density at radius 1 is 0.275 bits per heavy atom. The van der Waals surface area contributed by atoms with Crippen molar-refractivity contribution in [2.45, 2.75) is 0 Å². The molecule has 0 atom stereocenters. The topological polar surface area (TPSA) is 38.9 Å². The molecule has 14 rings (SSSR count). The quantitative estimate of drug-likeness (QED) is 0.156. The van der Waals surface area contributed by atoms with Crippen LogP contribution in [0.4, 0.5) is 0 Å². The van der Waals surface area contributed by atoms with Crippen molar-refractivity contribution in [2.24, 2.45) is 0 Å². The summed E-state index contributed by atoms with van der Waals surface area (Å²) in [7, 11) is 0. The molecular formula is C66H40N2O. The van der Waals surface area contributed by atoms with E-state index in [4.69, 9.17) is 25.0 Å². The van der Waals surface area contributed by atoms with Crippen LogP contribution in [0.1, 0.15) is 54.8 Å². The summed E-state index contributed by atoms with van der Waals surface area (Å²) < 4.78 is 381. The number of furan rings is 1. The van der Waals surface area contributed by atoms with Crippen LogP contribution in [0.2, 0.25) is 0 Å². The third-order valence-electron chi connectivity index (χ3n) is 11.2. The van der Waals surface area contributed by atoms with E-state index in [1.165, 1.54) is 0 Å². The number of benzene rings is 11. The minimum absolute atomic E-state index is 0.537. The van der Waals surface area contributed by atoms with Crippen molar-refractivity contribution < 1.29 is 59.2 Å². The van der Waals surface area contributed by atoms with Gasteiger partial charge in [-0.3, -0.25) is 4.98 Å². The van der Waals surface area contributed by atoms with E-state index in [1.807, 2.05) is 0 Å². The molecule has 320 valence electrons. The van der Waals surface area contributed by atoms with Crippen LogP contribution in [0, 0.1) is 0 Å². The molecule has 0 saturated heterocycles. The van der Waals surface area contributed by atoms with Gasteiger partial charge in [0.15, 0.2) is 0 Å². The highest BCUT2D eigenvalue weighted by Crippen LogP contribution is 2.54. The smallest absolute Gasteiger partial charge is 0.143 e. The van der Waals surface area contributed by atoms with Gasteiger partial charge in [-0.2, -0.15) is 0 Å². The highest BCUT2D eigenvalue weighted by atomic mass is 16.3. The Kier molecular flexibility index (Phi) is 3.71. The van der Waals surface area contributed by atoms with E-state index in [2.05, 4.69) is 9.97 Å². The molecule has 0 N–H and O–H groups in total. The largest absolute Gasteiger partial charge is 0.455 e. The van der Waals surface area contributed by atoms with Gasteiger partial charge in [0.05, 0.1) is 71.6 Å². The van der Waals surface area contributed by atoms with Crippen LogP contribution >= 0.6 is 0 Å². The predicted octanol–water partition coefficient (Wildman–Crippen LogP) is 18.1. The van der Waals surface area contributed by atoms with Crippen molar-refractivity contribution in [3.63, 3.8) is 0 Å². The number of rotatable bonds is 6. The second kappa shape index (κ2) is 15.7. The van der Waals surface area contributed by atoms with Gasteiger partial charge in [-0.05, 0) is 94.2 Å². The number of pyridine rings is 2. The number of hydrogen-bond donors (Lipinski definition) is 0. The summed E-state index contributed by atoms with van der Waals surface area (Å²) in [6, 6.07) is -44.1. The van der Waals surface area contributed by atoms with Gasteiger partial charge in [-0.25, -0.2) is 4.98 Å². The van der Waals surface area contributed by atoms with E-state index < -0.39 is 385 Å². The number of fused-ring (bicyclic) bond motifs is 8. The van der Waals surface area contributed by atoms with Crippen LogP contribution in [0.3, 0.4) is 0 Å². The minimum Gasteiger partial charge on any atom is -0.455 e. The Morgan fingerprint density at radius 3 is 1.22 bits per heavy atom. The molecular weight excluding hydrogens is 837 g/mol. The fourth-order valence-corrected chi connectivity index (χ4v) is 8.27. The summed E-state index contributed by atoms with van der Waals surface area (Å²) in [4.78, 5) is 8.52. The second-order valence-electron chi connectivity index (χ2n) is 14.9. The van der Waals surface area contributed by atoms with Gasteiger partial charge in [0.2, 0.25) is 0 Å². The number of nitrogens with zero attached hydrogens (tertiary/aromatic N) is 2. The molecule has 3 heteroatoms. The first-order valence-corrected chi connectivity index (χ1v) is 20.3. The Bertz CT molecular complexity index is 6760. The summed E-state index contributed by atoms with van der Waals surface area (Å²) in [6.07, 6.45) is -0.859. The third kappa shape index (κ3) is 6.21. The van der Waals surface area contributed by atoms with E-state index in [0.29, 0.717) is 0 Å². The fourth-order valence-electron chi connectivity index (χ4n) is 8.27. The summed E-state index contributed by atoms with van der Waals surface area (Å²) in [6.45, 7) is 0. The number of hydrogen-bond acceptors (Lipinski definition) is 3. The fraction of sp³-hybridized carbons (Fsp3) is 0. The maximum atomic E-state index is 10.5. The van der Waals surface area contributed by atoms with Crippen molar-refractivity contribution in [1.29, 1.82) is 0 Å². The lowest BCUT2D eigenvalue weighted by atomic mass is 9.85. The van der Waals surface area contributed by atoms with Gasteiger partial charge in [-0.15, -0.1) is 0 Å². The Balaban J connectivity index is 1.28. The van der Waals surface area contributed by atoms with Crippen molar-refractivity contribution in [3.05, 3.63) is 242 Å². The summed E-state index contributed by atoms with van der Waals surface area (Å²) in [5.74, 6) is -2.54. The van der Waals surface area contributed by atoms with E-state index in [9.17, 15) is 34.3 Å². The molecule has 3 heterocycles. The zero-order valence-corrected chi connectivity index (χ0v) is 34.3.